The molecule has 2 heterocycles. The Morgan fingerprint density at radius 1 is 0.795 bits per heavy atom. The molecule has 0 saturated carbocycles. The number of aromatic amines is 1. The van der Waals surface area contributed by atoms with Gasteiger partial charge in [-0.15, -0.1) is 0 Å². The van der Waals surface area contributed by atoms with Gasteiger partial charge in [-0.1, -0.05) is 23.8 Å². The summed E-state index contributed by atoms with van der Waals surface area (Å²) in [5.41, 5.74) is 8.78. The first-order valence-corrected chi connectivity index (χ1v) is 25.4. The van der Waals surface area contributed by atoms with Crippen LogP contribution < -0.4 is 36.6 Å². The van der Waals surface area contributed by atoms with E-state index < -0.39 is 64.8 Å². The van der Waals surface area contributed by atoms with Gasteiger partial charge in [0, 0.05) is 88.8 Å². The SMILES string of the molecule is Cc1cc(C)c(S(=O)(=O)NC(CNC(=O)C2CC(=O)c3ccc(CNc4ncc[nH]4)cc3N2CCCNC(=O)CCC(=O)NCCCOCCOCCOCCCN)C(=O)O)c(C)c1.O=C(O)C(F)(F)F.O=C(O)C(F)(F)F. The summed E-state index contributed by atoms with van der Waals surface area (Å²) in [4.78, 5) is 91.4. The number of carboxylic acids is 3. The van der Waals surface area contributed by atoms with E-state index >= 15 is 0 Å². The van der Waals surface area contributed by atoms with E-state index in [1.165, 1.54) is 0 Å². The number of carboxylic acid groups (broad SMARTS) is 3. The van der Waals surface area contributed by atoms with Crippen LogP contribution >= 0.6 is 0 Å². The van der Waals surface area contributed by atoms with Gasteiger partial charge in [0.15, 0.2) is 11.7 Å². The Morgan fingerprint density at radius 2 is 1.32 bits per heavy atom. The van der Waals surface area contributed by atoms with Crippen molar-refractivity contribution in [3.8, 4) is 0 Å². The number of aryl methyl sites for hydroxylation is 3. The van der Waals surface area contributed by atoms with Crippen molar-refractivity contribution < 1.29 is 97.9 Å². The van der Waals surface area contributed by atoms with Crippen LogP contribution in [0.5, 0.6) is 0 Å². The molecule has 4 rings (SSSR count). The summed E-state index contributed by atoms with van der Waals surface area (Å²) >= 11 is 0. The zero-order valence-electron chi connectivity index (χ0n) is 42.8. The highest BCUT2D eigenvalue weighted by Crippen LogP contribution is 2.33. The number of sulfonamides is 1. The number of nitrogens with one attached hydrogen (secondary N) is 6. The topological polar surface area (TPSA) is 360 Å². The van der Waals surface area contributed by atoms with Crippen LogP contribution in [0.4, 0.5) is 38.0 Å². The Morgan fingerprint density at radius 3 is 1.82 bits per heavy atom. The molecule has 2 unspecified atom stereocenters. The van der Waals surface area contributed by atoms with Crippen LogP contribution in [0.3, 0.4) is 0 Å². The molecule has 436 valence electrons. The number of hydrogen-bond donors (Lipinski definition) is 10. The third-order valence-corrected chi connectivity index (χ3v) is 12.4. The number of ether oxygens (including phenoxy) is 3. The molecule has 0 saturated heterocycles. The van der Waals surface area contributed by atoms with Crippen LogP contribution in [0.15, 0.2) is 47.6 Å². The minimum absolute atomic E-state index is 0.00964. The maximum Gasteiger partial charge on any atom is 0.490 e. The van der Waals surface area contributed by atoms with Gasteiger partial charge in [0.25, 0.3) is 0 Å². The largest absolute Gasteiger partial charge is 0.490 e. The second kappa shape index (κ2) is 33.4. The molecule has 31 heteroatoms. The number of ketones is 1. The fourth-order valence-electron chi connectivity index (χ4n) is 7.13. The van der Waals surface area contributed by atoms with Gasteiger partial charge in [0.2, 0.25) is 27.7 Å². The van der Waals surface area contributed by atoms with Crippen LogP contribution in [0.1, 0.15) is 71.1 Å². The smallest absolute Gasteiger partial charge is 0.480 e. The van der Waals surface area contributed by atoms with E-state index in [4.69, 9.17) is 39.7 Å². The molecule has 78 heavy (non-hydrogen) atoms. The van der Waals surface area contributed by atoms with Gasteiger partial charge in [-0.25, -0.2) is 23.0 Å². The molecule has 24 nitrogen and oxygen atoms in total. The van der Waals surface area contributed by atoms with E-state index in [0.717, 1.165) is 17.5 Å². The Hall–Kier alpha value is -6.93. The molecule has 1 aliphatic rings. The summed E-state index contributed by atoms with van der Waals surface area (Å²) in [6, 6.07) is 5.81. The number of imidazole rings is 1. The number of carbonyl (C=O) groups excluding carboxylic acids is 4. The van der Waals surface area contributed by atoms with Gasteiger partial charge >= 0.3 is 30.3 Å². The number of Topliss-reactive ketones (excluding diaryl/α,β-unsaturated/α-hetero) is 1. The summed E-state index contributed by atoms with van der Waals surface area (Å²) in [6.07, 6.45) is -5.44. The molecular formula is C47H65F6N9O15S. The van der Waals surface area contributed by atoms with Crippen LogP contribution in [-0.4, -0.2) is 172 Å². The third kappa shape index (κ3) is 25.0. The number of amides is 3. The monoisotopic (exact) mass is 1140 g/mol. The number of halogens is 6. The van der Waals surface area contributed by atoms with Crippen molar-refractivity contribution in [2.24, 2.45) is 5.73 Å². The molecule has 0 radical (unpaired) electrons. The summed E-state index contributed by atoms with van der Waals surface area (Å²) in [5, 5.41) is 35.6. The average molecular weight is 1140 g/mol. The molecule has 3 aromatic rings. The van der Waals surface area contributed by atoms with Crippen molar-refractivity contribution in [2.75, 3.05) is 82.6 Å². The highest BCUT2D eigenvalue weighted by Gasteiger charge is 2.40. The molecule has 3 amide bonds. The lowest BCUT2D eigenvalue weighted by Crippen LogP contribution is -2.55. The fraction of sp³-hybridized carbons (Fsp3) is 0.532. The molecule has 1 aromatic heterocycles. The molecular weight excluding hydrogens is 1080 g/mol. The normalized spacial score (nSPS) is 13.6. The Bertz CT molecular complexity index is 2510. The zero-order valence-corrected chi connectivity index (χ0v) is 43.6. The van der Waals surface area contributed by atoms with Gasteiger partial charge in [-0.05, 0) is 75.4 Å². The lowest BCUT2D eigenvalue weighted by atomic mass is 9.92. The number of rotatable bonds is 30. The molecule has 2 atom stereocenters. The van der Waals surface area contributed by atoms with Crippen molar-refractivity contribution in [1.82, 2.24) is 30.6 Å². The fourth-order valence-corrected chi connectivity index (χ4v) is 8.77. The van der Waals surface area contributed by atoms with Crippen LogP contribution in [-0.2, 0) is 59.5 Å². The van der Waals surface area contributed by atoms with Crippen molar-refractivity contribution in [3.63, 3.8) is 0 Å². The minimum Gasteiger partial charge on any atom is -0.480 e. The number of nitrogens with two attached hydrogens (primary N) is 1. The summed E-state index contributed by atoms with van der Waals surface area (Å²) in [6.45, 7) is 9.06. The van der Waals surface area contributed by atoms with Gasteiger partial charge in [0.1, 0.15) is 12.1 Å². The van der Waals surface area contributed by atoms with Crippen molar-refractivity contribution >= 4 is 63.1 Å². The van der Waals surface area contributed by atoms with Gasteiger partial charge in [-0.2, -0.15) is 31.1 Å². The van der Waals surface area contributed by atoms with Gasteiger partial charge < -0.3 is 66.4 Å². The Kier molecular flexibility index (Phi) is 28.8. The van der Waals surface area contributed by atoms with E-state index in [2.05, 4.69) is 36.0 Å². The van der Waals surface area contributed by atoms with Crippen molar-refractivity contribution in [3.05, 3.63) is 70.5 Å². The molecule has 1 aliphatic heterocycles. The summed E-state index contributed by atoms with van der Waals surface area (Å²) < 4.78 is 109. The number of hydrogen-bond acceptors (Lipinski definition) is 16. The molecule has 11 N–H and O–H groups in total. The van der Waals surface area contributed by atoms with E-state index in [9.17, 15) is 63.8 Å². The number of aliphatic carboxylic acids is 3. The van der Waals surface area contributed by atoms with Crippen LogP contribution in [0, 0.1) is 20.8 Å². The number of benzene rings is 2. The second-order valence-corrected chi connectivity index (χ2v) is 18.6. The Balaban J connectivity index is 0.00000130. The number of aromatic nitrogens is 2. The third-order valence-electron chi connectivity index (χ3n) is 10.6. The molecule has 0 aliphatic carbocycles. The number of anilines is 2. The highest BCUT2D eigenvalue weighted by atomic mass is 32.2. The van der Waals surface area contributed by atoms with E-state index in [-0.39, 0.29) is 54.8 Å². The second-order valence-electron chi connectivity index (χ2n) is 17.0. The minimum atomic E-state index is -5.08. The van der Waals surface area contributed by atoms with Gasteiger partial charge in [-0.3, -0.25) is 24.0 Å². The number of H-pyrrole nitrogens is 1. The Labute approximate surface area is 444 Å². The molecule has 0 fully saturated rings. The summed E-state index contributed by atoms with van der Waals surface area (Å²) in [5.74, 6) is -8.08. The van der Waals surface area contributed by atoms with Crippen LogP contribution in [0.25, 0.3) is 0 Å². The maximum absolute atomic E-state index is 13.9. The number of carbonyl (C=O) groups is 7. The molecule has 0 bridgehead atoms. The first kappa shape index (κ1) is 67.2. The summed E-state index contributed by atoms with van der Waals surface area (Å²) in [7, 11) is -4.31. The maximum atomic E-state index is 13.9. The standard InChI is InChI=1S/C43H63N9O11S.2C2HF3O2/c1-29-23-30(2)40(31(3)24-29)64(59,60)51-34(42(57)58)28-49-41(56)36-26-37(53)33-8-7-32(27-50-43-47-14-15-48-43)25-35(33)52(36)16-5-12-45-38(54)9-10-39(55)46-13-6-18-62-20-22-63-21-19-61-17-4-11-44;2*3-2(4,5)1(6)7/h7-8,14-15,23-25,34,36,51H,4-6,9-13,16-22,26-28,44H2,1-3H3,(H,45,54)(H,46,55)(H,49,56)(H,57,58)(H2,47,48,50);2*(H,6,7). The quantitative estimate of drug-likeness (QED) is 0.0339. The lowest BCUT2D eigenvalue weighted by molar-refractivity contribution is -0.193. The first-order valence-electron chi connectivity index (χ1n) is 23.9. The number of alkyl halides is 6. The molecule has 0 spiro atoms. The zero-order chi connectivity index (χ0) is 58.6. The average Bonchev–Trinajstić information content (AvgIpc) is 3.88. The predicted molar refractivity (Wildman–Crippen MR) is 266 cm³/mol. The molecule has 2 aromatic carbocycles. The van der Waals surface area contributed by atoms with Crippen molar-refractivity contribution in [1.29, 1.82) is 0 Å². The van der Waals surface area contributed by atoms with Crippen molar-refractivity contribution in [2.45, 2.75) is 95.2 Å². The van der Waals surface area contributed by atoms with E-state index in [1.54, 1.807) is 61.5 Å². The number of nitrogens with zero attached hydrogens (tertiary/aromatic N) is 2. The highest BCUT2D eigenvalue weighted by molar-refractivity contribution is 7.89. The lowest BCUT2D eigenvalue weighted by Gasteiger charge is -2.38. The van der Waals surface area contributed by atoms with Gasteiger partial charge in [0.05, 0.1) is 31.3 Å². The number of fused-ring (bicyclic) bond motifs is 1. The van der Waals surface area contributed by atoms with Crippen LogP contribution in [0.2, 0.25) is 0 Å². The van der Waals surface area contributed by atoms with E-state index in [1.807, 2.05) is 6.92 Å². The first-order chi connectivity index (χ1) is 36.6. The predicted octanol–water partition coefficient (Wildman–Crippen LogP) is 2.71. The van der Waals surface area contributed by atoms with E-state index in [0.29, 0.717) is 100 Å².